The third kappa shape index (κ3) is 1.24. The molecule has 2 nitrogen and oxygen atoms in total. The number of allylic oxidation sites excluding steroid dienone is 2. The van der Waals surface area contributed by atoms with E-state index in [1.165, 1.54) is 22.4 Å². The fourth-order valence-corrected chi connectivity index (χ4v) is 4.33. The maximum absolute atomic E-state index is 4.27. The SMILES string of the molecule is CC1=CC2c3ccccc3C(C)C2(c2cnc[nH]2)C1. The first-order chi connectivity index (χ1) is 9.23. The Labute approximate surface area is 113 Å². The highest BCUT2D eigenvalue weighted by Crippen LogP contribution is 2.62. The summed E-state index contributed by atoms with van der Waals surface area (Å²) >= 11 is 0. The molecule has 0 radical (unpaired) electrons. The number of aromatic amines is 1. The molecule has 2 heteroatoms. The predicted molar refractivity (Wildman–Crippen MR) is 76.2 cm³/mol. The van der Waals surface area contributed by atoms with Gasteiger partial charge >= 0.3 is 0 Å². The van der Waals surface area contributed by atoms with E-state index < -0.39 is 0 Å². The van der Waals surface area contributed by atoms with Crippen molar-refractivity contribution in [3.8, 4) is 0 Å². The Hall–Kier alpha value is -1.83. The van der Waals surface area contributed by atoms with E-state index in [1.807, 2.05) is 12.5 Å². The molecule has 2 aliphatic rings. The van der Waals surface area contributed by atoms with E-state index in [0.717, 1.165) is 6.42 Å². The molecule has 0 saturated heterocycles. The van der Waals surface area contributed by atoms with Crippen LogP contribution < -0.4 is 0 Å². The molecule has 0 amide bonds. The zero-order valence-corrected chi connectivity index (χ0v) is 11.4. The van der Waals surface area contributed by atoms with Gasteiger partial charge in [-0.2, -0.15) is 0 Å². The molecule has 1 N–H and O–H groups in total. The zero-order valence-electron chi connectivity index (χ0n) is 11.4. The first kappa shape index (κ1) is 11.0. The van der Waals surface area contributed by atoms with Crippen molar-refractivity contribution in [1.29, 1.82) is 0 Å². The van der Waals surface area contributed by atoms with E-state index in [1.54, 1.807) is 0 Å². The van der Waals surface area contributed by atoms with Gasteiger partial charge in [-0.3, -0.25) is 0 Å². The second-order valence-corrected chi connectivity index (χ2v) is 6.02. The van der Waals surface area contributed by atoms with Crippen LogP contribution in [0.5, 0.6) is 0 Å². The smallest absolute Gasteiger partial charge is 0.0921 e. The number of H-pyrrole nitrogens is 1. The van der Waals surface area contributed by atoms with Gasteiger partial charge in [0.1, 0.15) is 0 Å². The van der Waals surface area contributed by atoms with Gasteiger partial charge in [-0.25, -0.2) is 4.98 Å². The van der Waals surface area contributed by atoms with Crippen LogP contribution in [0, 0.1) is 0 Å². The molecule has 3 unspecified atom stereocenters. The van der Waals surface area contributed by atoms with Crippen molar-refractivity contribution in [3.63, 3.8) is 0 Å². The first-order valence-corrected chi connectivity index (χ1v) is 6.98. The van der Waals surface area contributed by atoms with Crippen LogP contribution in [0.4, 0.5) is 0 Å². The maximum Gasteiger partial charge on any atom is 0.0921 e. The summed E-state index contributed by atoms with van der Waals surface area (Å²) in [5.41, 5.74) is 5.95. The Morgan fingerprint density at radius 2 is 2.05 bits per heavy atom. The fraction of sp³-hybridized carbons (Fsp3) is 0.353. The van der Waals surface area contributed by atoms with Gasteiger partial charge < -0.3 is 4.98 Å². The van der Waals surface area contributed by atoms with Gasteiger partial charge in [0.05, 0.1) is 6.33 Å². The van der Waals surface area contributed by atoms with Crippen LogP contribution in [0.3, 0.4) is 0 Å². The highest BCUT2D eigenvalue weighted by Gasteiger charge is 2.54. The van der Waals surface area contributed by atoms with Gasteiger partial charge in [0.25, 0.3) is 0 Å². The Balaban J connectivity index is 1.98. The summed E-state index contributed by atoms with van der Waals surface area (Å²) in [7, 11) is 0. The molecule has 4 rings (SSSR count). The van der Waals surface area contributed by atoms with Gasteiger partial charge in [-0.15, -0.1) is 0 Å². The van der Waals surface area contributed by atoms with Crippen LogP contribution >= 0.6 is 0 Å². The van der Waals surface area contributed by atoms with E-state index in [0.29, 0.717) is 11.8 Å². The molecular weight excluding hydrogens is 232 g/mol. The molecule has 0 aliphatic heterocycles. The Bertz CT molecular complexity index is 654. The van der Waals surface area contributed by atoms with Crippen molar-refractivity contribution in [2.45, 2.75) is 37.5 Å². The van der Waals surface area contributed by atoms with Crippen molar-refractivity contribution in [2.75, 3.05) is 0 Å². The average molecular weight is 250 g/mol. The second kappa shape index (κ2) is 3.60. The minimum atomic E-state index is 0.157. The third-order valence-electron chi connectivity index (χ3n) is 5.15. The number of hydrogen-bond acceptors (Lipinski definition) is 1. The zero-order chi connectivity index (χ0) is 13.0. The molecule has 0 fully saturated rings. The van der Waals surface area contributed by atoms with Gasteiger partial charge in [0, 0.05) is 23.2 Å². The van der Waals surface area contributed by atoms with E-state index in [4.69, 9.17) is 0 Å². The second-order valence-electron chi connectivity index (χ2n) is 6.02. The maximum atomic E-state index is 4.27. The number of benzene rings is 1. The number of aromatic nitrogens is 2. The van der Waals surface area contributed by atoms with E-state index >= 15 is 0 Å². The molecule has 19 heavy (non-hydrogen) atoms. The summed E-state index contributed by atoms with van der Waals surface area (Å²) < 4.78 is 0. The molecule has 0 spiro atoms. The largest absolute Gasteiger partial charge is 0.348 e. The summed E-state index contributed by atoms with van der Waals surface area (Å²) in [5.74, 6) is 1.03. The highest BCUT2D eigenvalue weighted by atomic mass is 14.9. The van der Waals surface area contributed by atoms with Gasteiger partial charge in [0.2, 0.25) is 0 Å². The van der Waals surface area contributed by atoms with Gasteiger partial charge in [-0.1, -0.05) is 42.8 Å². The molecule has 1 heterocycles. The molecule has 1 aromatic carbocycles. The van der Waals surface area contributed by atoms with E-state index in [9.17, 15) is 0 Å². The lowest BCUT2D eigenvalue weighted by Gasteiger charge is -2.33. The minimum Gasteiger partial charge on any atom is -0.348 e. The summed E-state index contributed by atoms with van der Waals surface area (Å²) in [6.07, 6.45) is 7.42. The lowest BCUT2D eigenvalue weighted by atomic mass is 9.69. The summed E-state index contributed by atoms with van der Waals surface area (Å²) in [6.45, 7) is 4.62. The van der Waals surface area contributed by atoms with Crippen molar-refractivity contribution in [3.05, 3.63) is 65.3 Å². The number of nitrogens with one attached hydrogen (secondary N) is 1. The number of imidazole rings is 1. The monoisotopic (exact) mass is 250 g/mol. The van der Waals surface area contributed by atoms with Gasteiger partial charge in [-0.05, 0) is 30.4 Å². The van der Waals surface area contributed by atoms with Crippen molar-refractivity contribution >= 4 is 0 Å². The van der Waals surface area contributed by atoms with Crippen LogP contribution in [0.2, 0.25) is 0 Å². The summed E-state index contributed by atoms with van der Waals surface area (Å²) in [4.78, 5) is 7.65. The molecular formula is C17H18N2. The lowest BCUT2D eigenvalue weighted by molar-refractivity contribution is 0.366. The van der Waals surface area contributed by atoms with Crippen molar-refractivity contribution in [2.24, 2.45) is 0 Å². The predicted octanol–water partition coefficient (Wildman–Crippen LogP) is 3.90. The van der Waals surface area contributed by atoms with Crippen LogP contribution in [-0.4, -0.2) is 9.97 Å². The first-order valence-electron chi connectivity index (χ1n) is 6.98. The summed E-state index contributed by atoms with van der Waals surface area (Å²) in [5, 5.41) is 0. The average Bonchev–Trinajstić information content (AvgIpc) is 3.08. The molecule has 1 aromatic heterocycles. The number of hydrogen-bond donors (Lipinski definition) is 1. The van der Waals surface area contributed by atoms with Crippen LogP contribution in [-0.2, 0) is 5.41 Å². The van der Waals surface area contributed by atoms with E-state index in [-0.39, 0.29) is 5.41 Å². The molecule has 0 saturated carbocycles. The van der Waals surface area contributed by atoms with Gasteiger partial charge in [0.15, 0.2) is 0 Å². The normalized spacial score (nSPS) is 32.0. The highest BCUT2D eigenvalue weighted by molar-refractivity contribution is 5.54. The number of nitrogens with zero attached hydrogens (tertiary/aromatic N) is 1. The summed E-state index contributed by atoms with van der Waals surface area (Å²) in [6, 6.07) is 8.91. The van der Waals surface area contributed by atoms with Crippen molar-refractivity contribution in [1.82, 2.24) is 9.97 Å². The Morgan fingerprint density at radius 1 is 1.26 bits per heavy atom. The standard InChI is InChI=1S/C17H18N2/c1-11-7-15-14-6-4-3-5-13(14)12(2)17(15,8-11)16-9-18-10-19-16/h3-7,9-10,12,15H,8H2,1-2H3,(H,18,19). The molecule has 2 aromatic rings. The Morgan fingerprint density at radius 3 is 2.79 bits per heavy atom. The Kier molecular flexibility index (Phi) is 2.09. The molecule has 0 bridgehead atoms. The lowest BCUT2D eigenvalue weighted by Crippen LogP contribution is -2.30. The van der Waals surface area contributed by atoms with Crippen LogP contribution in [0.25, 0.3) is 0 Å². The molecule has 3 atom stereocenters. The fourth-order valence-electron chi connectivity index (χ4n) is 4.33. The topological polar surface area (TPSA) is 28.7 Å². The molecule has 2 aliphatic carbocycles. The molecule has 96 valence electrons. The van der Waals surface area contributed by atoms with Crippen LogP contribution in [0.15, 0.2) is 48.4 Å². The minimum absolute atomic E-state index is 0.157. The number of rotatable bonds is 1. The third-order valence-corrected chi connectivity index (χ3v) is 5.15. The number of fused-ring (bicyclic) bond motifs is 3. The van der Waals surface area contributed by atoms with Crippen LogP contribution in [0.1, 0.15) is 48.9 Å². The quantitative estimate of drug-likeness (QED) is 0.764. The van der Waals surface area contributed by atoms with Crippen molar-refractivity contribution < 1.29 is 0 Å². The van der Waals surface area contributed by atoms with E-state index in [2.05, 4.69) is 54.2 Å².